The first-order valence-corrected chi connectivity index (χ1v) is 9.62. The number of hydrogen-bond acceptors (Lipinski definition) is 5. The lowest BCUT2D eigenvalue weighted by Gasteiger charge is -2.58. The summed E-state index contributed by atoms with van der Waals surface area (Å²) in [4.78, 5) is 24.9. The molecule has 4 aliphatic rings. The molecule has 2 aliphatic heterocycles. The predicted octanol–water partition coefficient (Wildman–Crippen LogP) is 0.706. The quantitative estimate of drug-likeness (QED) is 0.385. The van der Waals surface area contributed by atoms with E-state index < -0.39 is 29.1 Å². The first-order chi connectivity index (χ1) is 11.8. The SMILES string of the molecule is C[C@@]12OC(=O)[C@]1([C@@H](O)C1C[C@@H]3CC[C@H](N)C=CC13)NC(=O)[C@@H]2CCCl. The number of halogens is 1. The molecule has 0 spiro atoms. The summed E-state index contributed by atoms with van der Waals surface area (Å²) in [6.07, 6.45) is 6.34. The van der Waals surface area contributed by atoms with E-state index >= 15 is 0 Å². The van der Waals surface area contributed by atoms with Gasteiger partial charge in [-0.05, 0) is 50.4 Å². The number of amides is 1. The fourth-order valence-electron chi connectivity index (χ4n) is 5.43. The molecule has 0 aromatic carbocycles. The van der Waals surface area contributed by atoms with E-state index in [1.165, 1.54) is 0 Å². The molecule has 2 saturated heterocycles. The van der Waals surface area contributed by atoms with Crippen molar-refractivity contribution < 1.29 is 19.4 Å². The van der Waals surface area contributed by atoms with Crippen LogP contribution in [0, 0.1) is 23.7 Å². The van der Waals surface area contributed by atoms with E-state index in [-0.39, 0.29) is 23.8 Å². The molecule has 1 amide bonds. The highest BCUT2D eigenvalue weighted by molar-refractivity contribution is 6.18. The molecule has 0 bridgehead atoms. The van der Waals surface area contributed by atoms with E-state index in [0.717, 1.165) is 19.3 Å². The van der Waals surface area contributed by atoms with E-state index in [4.69, 9.17) is 22.1 Å². The van der Waals surface area contributed by atoms with Gasteiger partial charge in [-0.15, -0.1) is 11.6 Å². The molecular weight excluding hydrogens is 344 g/mol. The van der Waals surface area contributed by atoms with Gasteiger partial charge in [0.15, 0.2) is 5.60 Å². The third kappa shape index (κ3) is 2.10. The second kappa shape index (κ2) is 5.69. The van der Waals surface area contributed by atoms with Crippen molar-refractivity contribution in [3.8, 4) is 0 Å². The topological polar surface area (TPSA) is 102 Å². The number of carbonyl (C=O) groups is 2. The van der Waals surface area contributed by atoms with Crippen LogP contribution >= 0.6 is 11.6 Å². The summed E-state index contributed by atoms with van der Waals surface area (Å²) in [6.45, 7) is 1.74. The van der Waals surface area contributed by atoms with Gasteiger partial charge >= 0.3 is 5.97 Å². The number of hydrogen-bond donors (Lipinski definition) is 3. The Hall–Kier alpha value is -1.11. The molecular formula is C18H25ClN2O4. The van der Waals surface area contributed by atoms with Crippen LogP contribution in [0.3, 0.4) is 0 Å². The minimum Gasteiger partial charge on any atom is -0.453 e. The summed E-state index contributed by atoms with van der Waals surface area (Å²) in [5.74, 6) is -0.418. The second-order valence-electron chi connectivity index (χ2n) is 8.13. The van der Waals surface area contributed by atoms with Crippen LogP contribution in [0.1, 0.15) is 32.6 Å². The third-order valence-corrected chi connectivity index (χ3v) is 7.24. The molecule has 3 fully saturated rings. The van der Waals surface area contributed by atoms with Gasteiger partial charge in [0, 0.05) is 11.9 Å². The van der Waals surface area contributed by atoms with E-state index in [0.29, 0.717) is 18.2 Å². The highest BCUT2D eigenvalue weighted by Gasteiger charge is 2.80. The lowest BCUT2D eigenvalue weighted by molar-refractivity contribution is -0.245. The van der Waals surface area contributed by atoms with Crippen molar-refractivity contribution >= 4 is 23.5 Å². The molecule has 4 N–H and O–H groups in total. The van der Waals surface area contributed by atoms with Crippen LogP contribution in [0.25, 0.3) is 0 Å². The van der Waals surface area contributed by atoms with Crippen LogP contribution in [0.5, 0.6) is 0 Å². The molecule has 138 valence electrons. The number of esters is 1. The molecule has 2 aliphatic carbocycles. The van der Waals surface area contributed by atoms with E-state index in [1.54, 1.807) is 6.92 Å². The van der Waals surface area contributed by atoms with Crippen LogP contribution in [-0.2, 0) is 14.3 Å². The zero-order valence-electron chi connectivity index (χ0n) is 14.3. The summed E-state index contributed by atoms with van der Waals surface area (Å²) in [7, 11) is 0. The summed E-state index contributed by atoms with van der Waals surface area (Å²) >= 11 is 5.83. The van der Waals surface area contributed by atoms with Crippen molar-refractivity contribution in [3.63, 3.8) is 0 Å². The molecule has 7 heteroatoms. The molecule has 2 unspecified atom stereocenters. The molecule has 25 heavy (non-hydrogen) atoms. The Balaban J connectivity index is 1.61. The average molecular weight is 369 g/mol. The molecule has 4 rings (SSSR count). The number of aliphatic hydroxyl groups is 1. The minimum atomic E-state index is -1.35. The number of ether oxygens (including phenoxy) is 1. The van der Waals surface area contributed by atoms with Gasteiger partial charge in [0.25, 0.3) is 0 Å². The lowest BCUT2D eigenvalue weighted by atomic mass is 9.55. The van der Waals surface area contributed by atoms with Gasteiger partial charge < -0.3 is 20.9 Å². The Morgan fingerprint density at radius 2 is 2.20 bits per heavy atom. The highest BCUT2D eigenvalue weighted by atomic mass is 35.5. The third-order valence-electron chi connectivity index (χ3n) is 7.02. The van der Waals surface area contributed by atoms with Crippen molar-refractivity contribution in [1.29, 1.82) is 0 Å². The monoisotopic (exact) mass is 368 g/mol. The number of aliphatic hydroxyl groups excluding tert-OH is 1. The Bertz CT molecular complexity index is 641. The highest BCUT2D eigenvalue weighted by Crippen LogP contribution is 2.57. The fraction of sp³-hybridized carbons (Fsp3) is 0.778. The van der Waals surface area contributed by atoms with Gasteiger partial charge in [-0.2, -0.15) is 0 Å². The lowest BCUT2D eigenvalue weighted by Crippen LogP contribution is -2.81. The maximum Gasteiger partial charge on any atom is 0.339 e. The molecule has 6 nitrogen and oxygen atoms in total. The minimum absolute atomic E-state index is 0.0553. The molecule has 0 aromatic heterocycles. The molecule has 8 atom stereocenters. The van der Waals surface area contributed by atoms with Gasteiger partial charge in [-0.3, -0.25) is 4.79 Å². The van der Waals surface area contributed by atoms with Crippen molar-refractivity contribution in [2.45, 2.75) is 55.9 Å². The van der Waals surface area contributed by atoms with Crippen molar-refractivity contribution in [1.82, 2.24) is 5.32 Å². The summed E-state index contributed by atoms with van der Waals surface area (Å²) in [6, 6.07) is 0.0553. The first kappa shape index (κ1) is 17.3. The Labute approximate surface area is 152 Å². The van der Waals surface area contributed by atoms with Gasteiger partial charge in [-0.25, -0.2) is 4.79 Å². The summed E-state index contributed by atoms with van der Waals surface area (Å²) in [5.41, 5.74) is 3.62. The maximum atomic E-state index is 12.5. The number of alkyl halides is 1. The largest absolute Gasteiger partial charge is 0.453 e. The van der Waals surface area contributed by atoms with E-state index in [1.807, 2.05) is 6.08 Å². The van der Waals surface area contributed by atoms with Crippen LogP contribution in [0.4, 0.5) is 0 Å². The van der Waals surface area contributed by atoms with Crippen LogP contribution in [0.2, 0.25) is 0 Å². The van der Waals surface area contributed by atoms with E-state index in [2.05, 4.69) is 11.4 Å². The first-order valence-electron chi connectivity index (χ1n) is 9.08. The smallest absolute Gasteiger partial charge is 0.339 e. The van der Waals surface area contributed by atoms with Gasteiger partial charge in [0.2, 0.25) is 11.4 Å². The van der Waals surface area contributed by atoms with Crippen LogP contribution in [0.15, 0.2) is 12.2 Å². The van der Waals surface area contributed by atoms with Gasteiger partial charge in [0.1, 0.15) is 0 Å². The average Bonchev–Trinajstić information content (AvgIpc) is 2.62. The van der Waals surface area contributed by atoms with Gasteiger partial charge in [0.05, 0.1) is 12.0 Å². The normalized spacial score (nSPS) is 49.0. The Morgan fingerprint density at radius 1 is 1.44 bits per heavy atom. The zero-order valence-corrected chi connectivity index (χ0v) is 15.0. The summed E-state index contributed by atoms with van der Waals surface area (Å²) in [5, 5.41) is 14.0. The zero-order chi connectivity index (χ0) is 18.0. The van der Waals surface area contributed by atoms with E-state index in [9.17, 15) is 14.7 Å². The number of rotatable bonds is 4. The molecule has 2 heterocycles. The van der Waals surface area contributed by atoms with Crippen molar-refractivity contribution in [2.24, 2.45) is 29.4 Å². The maximum absolute atomic E-state index is 12.5. The standard InChI is InChI=1S/C18H25ClN2O4/c1-17-13(6-7-19)15(23)21-18(17,16(24)25-17)14(22)12-8-9-2-3-10(20)4-5-11(9)12/h4-5,9-14,22H,2-3,6-8,20H2,1H3,(H,21,23)/t9-,10-,11?,12?,13-,14-,17-,18-/m0/s1. The molecule has 1 saturated carbocycles. The Kier molecular flexibility index (Phi) is 3.94. The predicted molar refractivity (Wildman–Crippen MR) is 91.6 cm³/mol. The Morgan fingerprint density at radius 3 is 2.88 bits per heavy atom. The summed E-state index contributed by atoms with van der Waals surface area (Å²) < 4.78 is 5.43. The fourth-order valence-corrected chi connectivity index (χ4v) is 5.65. The molecule has 0 radical (unpaired) electrons. The second-order valence-corrected chi connectivity index (χ2v) is 8.51. The van der Waals surface area contributed by atoms with Crippen LogP contribution in [-0.4, -0.2) is 46.1 Å². The number of carbonyl (C=O) groups excluding carboxylic acids is 2. The number of allylic oxidation sites excluding steroid dienone is 1. The molecule has 0 aromatic rings. The number of nitrogens with one attached hydrogen (secondary N) is 1. The van der Waals surface area contributed by atoms with Crippen LogP contribution < -0.4 is 11.1 Å². The van der Waals surface area contributed by atoms with Crippen molar-refractivity contribution in [2.75, 3.05) is 5.88 Å². The van der Waals surface area contributed by atoms with Crippen molar-refractivity contribution in [3.05, 3.63) is 12.2 Å². The number of fused-ring (bicyclic) bond motifs is 2. The number of nitrogens with two attached hydrogens (primary N) is 1. The van der Waals surface area contributed by atoms with Gasteiger partial charge in [-0.1, -0.05) is 12.2 Å².